The molecule has 1 aromatic carbocycles. The lowest BCUT2D eigenvalue weighted by atomic mass is 10.1. The molecule has 134 valence electrons. The summed E-state index contributed by atoms with van der Waals surface area (Å²) in [6.45, 7) is 8.31. The normalized spacial score (nSPS) is 16.6. The van der Waals surface area contributed by atoms with Gasteiger partial charge in [-0.2, -0.15) is 0 Å². The minimum atomic E-state index is -1.28. The molecule has 0 spiro atoms. The van der Waals surface area contributed by atoms with E-state index < -0.39 is 29.3 Å². The van der Waals surface area contributed by atoms with Crippen molar-refractivity contribution in [2.24, 2.45) is 0 Å². The van der Waals surface area contributed by atoms with Crippen molar-refractivity contribution < 1.29 is 28.6 Å². The Morgan fingerprint density at radius 1 is 1.08 bits per heavy atom. The molecule has 1 saturated heterocycles. The summed E-state index contributed by atoms with van der Waals surface area (Å²) in [5.41, 5.74) is 0.153. The number of ether oxygens (including phenoxy) is 3. The summed E-state index contributed by atoms with van der Waals surface area (Å²) in [5.74, 6) is -3.24. The molecule has 0 unspecified atom stereocenters. The van der Waals surface area contributed by atoms with Crippen LogP contribution in [0.3, 0.4) is 0 Å². The molecule has 0 aliphatic carbocycles. The molecule has 1 fully saturated rings. The third-order valence-corrected chi connectivity index (χ3v) is 3.02. The molecule has 7 heteroatoms. The second kappa shape index (κ2) is 6.58. The van der Waals surface area contributed by atoms with Crippen LogP contribution in [-0.4, -0.2) is 29.3 Å². The predicted molar refractivity (Wildman–Crippen MR) is 89.6 cm³/mol. The molecule has 0 aromatic heterocycles. The van der Waals surface area contributed by atoms with Crippen LogP contribution in [0.15, 0.2) is 36.0 Å². The van der Waals surface area contributed by atoms with Gasteiger partial charge in [0, 0.05) is 25.7 Å². The monoisotopic (exact) mass is 347 g/mol. The van der Waals surface area contributed by atoms with Crippen LogP contribution in [0.5, 0.6) is 0 Å². The molecule has 1 aliphatic heterocycles. The highest BCUT2D eigenvalue weighted by Crippen LogP contribution is 2.23. The lowest BCUT2D eigenvalue weighted by Gasteiger charge is -2.29. The van der Waals surface area contributed by atoms with E-state index in [1.807, 2.05) is 0 Å². The van der Waals surface area contributed by atoms with Crippen molar-refractivity contribution in [3.63, 3.8) is 0 Å². The van der Waals surface area contributed by atoms with E-state index >= 15 is 0 Å². The molecule has 1 N–H and O–H groups in total. The standard InChI is InChI=1S/C18H21NO6/c1-17(2,3)23-14(20)11-6-8-12(9-7-11)19-10-13-15(21)24-18(4,5)25-16(13)22/h6-10,19H,1-5H3. The van der Waals surface area contributed by atoms with Gasteiger partial charge in [-0.05, 0) is 45.0 Å². The first-order valence-corrected chi connectivity index (χ1v) is 7.74. The van der Waals surface area contributed by atoms with Crippen LogP contribution in [0.1, 0.15) is 45.0 Å². The minimum Gasteiger partial charge on any atom is -0.456 e. The first kappa shape index (κ1) is 18.5. The zero-order valence-electron chi connectivity index (χ0n) is 14.8. The van der Waals surface area contributed by atoms with Crippen LogP contribution in [0.4, 0.5) is 5.69 Å². The Bertz CT molecular complexity index is 703. The van der Waals surface area contributed by atoms with E-state index in [0.717, 1.165) is 0 Å². The summed E-state index contributed by atoms with van der Waals surface area (Å²) < 4.78 is 15.3. The van der Waals surface area contributed by atoms with Crippen molar-refractivity contribution in [2.45, 2.75) is 46.0 Å². The lowest BCUT2D eigenvalue weighted by Crippen LogP contribution is -2.42. The van der Waals surface area contributed by atoms with Gasteiger partial charge in [0.05, 0.1) is 5.56 Å². The maximum Gasteiger partial charge on any atom is 0.350 e. The highest BCUT2D eigenvalue weighted by molar-refractivity contribution is 6.15. The average molecular weight is 347 g/mol. The zero-order chi connectivity index (χ0) is 18.8. The minimum absolute atomic E-state index is 0.240. The molecule has 1 aromatic rings. The van der Waals surface area contributed by atoms with E-state index in [1.165, 1.54) is 20.0 Å². The quantitative estimate of drug-likeness (QED) is 0.511. The van der Waals surface area contributed by atoms with Crippen molar-refractivity contribution in [3.05, 3.63) is 41.6 Å². The van der Waals surface area contributed by atoms with Crippen molar-refractivity contribution in [1.29, 1.82) is 0 Å². The highest BCUT2D eigenvalue weighted by atomic mass is 16.7. The molecule has 7 nitrogen and oxygen atoms in total. The van der Waals surface area contributed by atoms with Gasteiger partial charge in [0.1, 0.15) is 5.60 Å². The van der Waals surface area contributed by atoms with Gasteiger partial charge in [-0.25, -0.2) is 14.4 Å². The first-order chi connectivity index (χ1) is 11.5. The van der Waals surface area contributed by atoms with E-state index in [1.54, 1.807) is 45.0 Å². The summed E-state index contributed by atoms with van der Waals surface area (Å²) in [5, 5.41) is 2.80. The number of nitrogens with one attached hydrogen (secondary N) is 1. The number of carbonyl (C=O) groups is 3. The van der Waals surface area contributed by atoms with Gasteiger partial charge in [0.15, 0.2) is 5.57 Å². The van der Waals surface area contributed by atoms with Gasteiger partial charge in [0.25, 0.3) is 5.79 Å². The Balaban J connectivity index is 2.06. The smallest absolute Gasteiger partial charge is 0.350 e. The van der Waals surface area contributed by atoms with E-state index in [-0.39, 0.29) is 5.57 Å². The third kappa shape index (κ3) is 5.07. The van der Waals surface area contributed by atoms with Gasteiger partial charge in [-0.3, -0.25) is 0 Å². The molecule has 0 saturated carbocycles. The fourth-order valence-electron chi connectivity index (χ4n) is 1.97. The van der Waals surface area contributed by atoms with Gasteiger partial charge in [-0.1, -0.05) is 0 Å². The zero-order valence-corrected chi connectivity index (χ0v) is 14.8. The van der Waals surface area contributed by atoms with Crippen molar-refractivity contribution in [3.8, 4) is 0 Å². The molecule has 0 amide bonds. The maximum atomic E-state index is 11.9. The fourth-order valence-corrected chi connectivity index (χ4v) is 1.97. The van der Waals surface area contributed by atoms with Crippen LogP contribution < -0.4 is 5.32 Å². The van der Waals surface area contributed by atoms with Crippen LogP contribution in [0.25, 0.3) is 0 Å². The lowest BCUT2D eigenvalue weighted by molar-refractivity contribution is -0.222. The third-order valence-electron chi connectivity index (χ3n) is 3.02. The number of benzene rings is 1. The van der Waals surface area contributed by atoms with Crippen LogP contribution >= 0.6 is 0 Å². The fraction of sp³-hybridized carbons (Fsp3) is 0.389. The molecule has 0 radical (unpaired) electrons. The molecular weight excluding hydrogens is 326 g/mol. The van der Waals surface area contributed by atoms with Gasteiger partial charge in [0.2, 0.25) is 0 Å². The molecular formula is C18H21NO6. The number of hydrogen-bond acceptors (Lipinski definition) is 7. The van der Waals surface area contributed by atoms with Crippen molar-refractivity contribution in [1.82, 2.24) is 0 Å². The molecule has 2 rings (SSSR count). The van der Waals surface area contributed by atoms with Crippen LogP contribution in [0, 0.1) is 0 Å². The van der Waals surface area contributed by atoms with Crippen LogP contribution in [-0.2, 0) is 23.8 Å². The molecule has 25 heavy (non-hydrogen) atoms. The maximum absolute atomic E-state index is 11.9. The molecule has 1 heterocycles. The number of anilines is 1. The highest BCUT2D eigenvalue weighted by Gasteiger charge is 2.38. The molecule has 0 atom stereocenters. The van der Waals surface area contributed by atoms with E-state index in [9.17, 15) is 14.4 Å². The summed E-state index contributed by atoms with van der Waals surface area (Å²) in [6, 6.07) is 6.41. The van der Waals surface area contributed by atoms with Crippen LogP contribution in [0.2, 0.25) is 0 Å². The Hall–Kier alpha value is -2.83. The summed E-state index contributed by atoms with van der Waals surface area (Å²) >= 11 is 0. The van der Waals surface area contributed by atoms with Gasteiger partial charge in [-0.15, -0.1) is 0 Å². The first-order valence-electron chi connectivity index (χ1n) is 7.74. The second-order valence-corrected chi connectivity index (χ2v) is 6.96. The summed E-state index contributed by atoms with van der Waals surface area (Å²) in [7, 11) is 0. The van der Waals surface area contributed by atoms with Gasteiger partial charge >= 0.3 is 17.9 Å². The number of esters is 3. The Labute approximate surface area is 145 Å². The van der Waals surface area contributed by atoms with E-state index in [4.69, 9.17) is 14.2 Å². The Morgan fingerprint density at radius 3 is 2.08 bits per heavy atom. The molecule has 0 bridgehead atoms. The van der Waals surface area contributed by atoms with E-state index in [0.29, 0.717) is 11.3 Å². The Kier molecular flexibility index (Phi) is 4.87. The SMILES string of the molecule is CC(C)(C)OC(=O)c1ccc(NC=C2C(=O)OC(C)(C)OC2=O)cc1. The number of rotatable bonds is 3. The van der Waals surface area contributed by atoms with Crippen molar-refractivity contribution in [2.75, 3.05) is 5.32 Å². The number of hydrogen-bond donors (Lipinski definition) is 1. The topological polar surface area (TPSA) is 90.9 Å². The summed E-state index contributed by atoms with van der Waals surface area (Å²) in [4.78, 5) is 35.6. The number of carbonyl (C=O) groups excluding carboxylic acids is 3. The van der Waals surface area contributed by atoms with Gasteiger partial charge < -0.3 is 19.5 Å². The average Bonchev–Trinajstić information content (AvgIpc) is 2.44. The van der Waals surface area contributed by atoms with E-state index in [2.05, 4.69) is 5.32 Å². The predicted octanol–water partition coefficient (Wildman–Crippen LogP) is 2.77. The Morgan fingerprint density at radius 2 is 1.60 bits per heavy atom. The summed E-state index contributed by atoms with van der Waals surface area (Å²) in [6.07, 6.45) is 1.21. The van der Waals surface area contributed by atoms with Crippen molar-refractivity contribution >= 4 is 23.6 Å². The molecule has 1 aliphatic rings. The number of cyclic esters (lactones) is 2. The second-order valence-electron chi connectivity index (χ2n) is 6.96. The largest absolute Gasteiger partial charge is 0.456 e.